The molecule has 0 bridgehead atoms. The van der Waals surface area contributed by atoms with Gasteiger partial charge in [-0.25, -0.2) is 8.42 Å². The Hall–Kier alpha value is -0.780. The van der Waals surface area contributed by atoms with Crippen LogP contribution in [0, 0.1) is 0 Å². The summed E-state index contributed by atoms with van der Waals surface area (Å²) in [5, 5.41) is 0.718. The van der Waals surface area contributed by atoms with Gasteiger partial charge in [-0.1, -0.05) is 42.1 Å². The van der Waals surface area contributed by atoms with Gasteiger partial charge in [0.15, 0.2) is 9.84 Å². The van der Waals surface area contributed by atoms with Crippen molar-refractivity contribution in [2.75, 3.05) is 12.3 Å². The molecule has 2 aliphatic rings. The number of likely N-dealkylation sites (tertiary alicyclic amines) is 1. The lowest BCUT2D eigenvalue weighted by atomic mass is 10.0. The molecule has 25 heavy (non-hydrogen) atoms. The number of hydrogen-bond donors (Lipinski definition) is 0. The van der Waals surface area contributed by atoms with Gasteiger partial charge in [-0.2, -0.15) is 0 Å². The first-order valence-electron chi connectivity index (χ1n) is 8.84. The molecule has 1 aromatic rings. The maximum absolute atomic E-state index is 12.6. The Morgan fingerprint density at radius 1 is 1.08 bits per heavy atom. The number of halogens is 2. The zero-order chi connectivity index (χ0) is 18.0. The fourth-order valence-electron chi connectivity index (χ4n) is 3.92. The first-order chi connectivity index (χ1) is 11.9. The van der Waals surface area contributed by atoms with Gasteiger partial charge in [0.1, 0.15) is 0 Å². The largest absolute Gasteiger partial charge is 0.336 e. The lowest BCUT2D eigenvalue weighted by molar-refractivity contribution is -0.131. The molecule has 138 valence electrons. The van der Waals surface area contributed by atoms with E-state index in [9.17, 15) is 13.2 Å². The van der Waals surface area contributed by atoms with E-state index in [1.54, 1.807) is 17.0 Å². The fourth-order valence-corrected chi connectivity index (χ4v) is 6.07. The predicted octanol–water partition coefficient (Wildman–Crippen LogP) is 4.40. The molecular formula is C18H23Cl2NO3S. The summed E-state index contributed by atoms with van der Waals surface area (Å²) in [7, 11) is -3.17. The van der Waals surface area contributed by atoms with Crippen molar-refractivity contribution in [2.45, 2.75) is 56.2 Å². The summed E-state index contributed by atoms with van der Waals surface area (Å²) in [6.07, 6.45) is 5.27. The Labute approximate surface area is 159 Å². The lowest BCUT2D eigenvalue weighted by Gasteiger charge is -2.25. The van der Waals surface area contributed by atoms with Crippen LogP contribution in [0.2, 0.25) is 10.0 Å². The fraction of sp³-hybridized carbons (Fsp3) is 0.611. The molecule has 4 nitrogen and oxygen atoms in total. The number of carbonyl (C=O) groups is 1. The lowest BCUT2D eigenvalue weighted by Crippen LogP contribution is -2.33. The molecule has 0 N–H and O–H groups in total. The summed E-state index contributed by atoms with van der Waals surface area (Å²) >= 11 is 12.1. The average molecular weight is 404 g/mol. The van der Waals surface area contributed by atoms with Crippen molar-refractivity contribution in [2.24, 2.45) is 0 Å². The van der Waals surface area contributed by atoms with Gasteiger partial charge in [-0.3, -0.25) is 4.79 Å². The van der Waals surface area contributed by atoms with Gasteiger partial charge in [-0.05, 0) is 43.4 Å². The third-order valence-corrected chi connectivity index (χ3v) is 8.31. The molecule has 0 aromatic heterocycles. The van der Waals surface area contributed by atoms with Crippen molar-refractivity contribution in [3.8, 4) is 0 Å². The van der Waals surface area contributed by atoms with Crippen LogP contribution in [0.5, 0.6) is 0 Å². The third kappa shape index (κ3) is 4.32. The van der Waals surface area contributed by atoms with Gasteiger partial charge in [-0.15, -0.1) is 0 Å². The summed E-state index contributed by atoms with van der Waals surface area (Å²) in [6.45, 7) is 0.660. The Morgan fingerprint density at radius 2 is 1.80 bits per heavy atom. The van der Waals surface area contributed by atoms with Crippen molar-refractivity contribution < 1.29 is 13.2 Å². The quantitative estimate of drug-likeness (QED) is 0.731. The zero-order valence-corrected chi connectivity index (χ0v) is 16.4. The molecule has 3 rings (SSSR count). The van der Waals surface area contributed by atoms with E-state index < -0.39 is 9.84 Å². The van der Waals surface area contributed by atoms with Crippen molar-refractivity contribution >= 4 is 38.9 Å². The van der Waals surface area contributed by atoms with Crippen molar-refractivity contribution in [3.63, 3.8) is 0 Å². The van der Waals surface area contributed by atoms with E-state index in [2.05, 4.69) is 0 Å². The van der Waals surface area contributed by atoms with Crippen LogP contribution < -0.4 is 0 Å². The Morgan fingerprint density at radius 3 is 2.48 bits per heavy atom. The number of amides is 1. The van der Waals surface area contributed by atoms with Gasteiger partial charge < -0.3 is 4.90 Å². The van der Waals surface area contributed by atoms with Crippen molar-refractivity contribution in [3.05, 3.63) is 33.8 Å². The molecule has 0 unspecified atom stereocenters. The van der Waals surface area contributed by atoms with E-state index in [0.717, 1.165) is 44.1 Å². The van der Waals surface area contributed by atoms with E-state index >= 15 is 0 Å². The minimum Gasteiger partial charge on any atom is -0.336 e. The van der Waals surface area contributed by atoms with E-state index in [-0.39, 0.29) is 29.4 Å². The van der Waals surface area contributed by atoms with Gasteiger partial charge in [0.05, 0.1) is 27.1 Å². The molecule has 1 aliphatic carbocycles. The number of rotatable bonds is 5. The molecule has 7 heteroatoms. The first kappa shape index (κ1) is 19.0. The van der Waals surface area contributed by atoms with Gasteiger partial charge in [0.25, 0.3) is 0 Å². The van der Waals surface area contributed by atoms with Crippen LogP contribution in [0.1, 0.15) is 56.6 Å². The molecule has 1 heterocycles. The molecule has 0 radical (unpaired) electrons. The van der Waals surface area contributed by atoms with Gasteiger partial charge in [0, 0.05) is 13.0 Å². The highest BCUT2D eigenvalue weighted by Crippen LogP contribution is 2.35. The standard InChI is InChI=1S/C18H23Cl2NO3S/c19-15-8-7-13(12-16(15)20)17-6-3-10-21(17)18(22)9-11-25(23,24)14-4-1-2-5-14/h7-8,12,14,17H,1-6,9-11H2/t17-/m0/s1. The number of sulfone groups is 1. The van der Waals surface area contributed by atoms with Crippen LogP contribution in [0.25, 0.3) is 0 Å². The normalized spacial score (nSPS) is 21.8. The van der Waals surface area contributed by atoms with Crippen LogP contribution in [-0.2, 0) is 14.6 Å². The van der Waals surface area contributed by atoms with Crippen molar-refractivity contribution in [1.82, 2.24) is 4.90 Å². The highest BCUT2D eigenvalue weighted by molar-refractivity contribution is 7.92. The number of carbonyl (C=O) groups excluding carboxylic acids is 1. The minimum atomic E-state index is -3.17. The Balaban J connectivity index is 1.65. The summed E-state index contributed by atoms with van der Waals surface area (Å²) in [4.78, 5) is 14.4. The summed E-state index contributed by atoms with van der Waals surface area (Å²) in [6, 6.07) is 5.39. The van der Waals surface area contributed by atoms with Crippen LogP contribution in [-0.4, -0.2) is 36.8 Å². The van der Waals surface area contributed by atoms with Crippen LogP contribution in [0.15, 0.2) is 18.2 Å². The summed E-state index contributed by atoms with van der Waals surface area (Å²) in [5.74, 6) is -0.128. The molecule has 1 aromatic carbocycles. The average Bonchev–Trinajstić information content (AvgIpc) is 3.27. The highest BCUT2D eigenvalue weighted by Gasteiger charge is 2.33. The SMILES string of the molecule is O=C(CCS(=O)(=O)C1CCCC1)N1CCC[C@H]1c1ccc(Cl)c(Cl)c1. The number of nitrogens with zero attached hydrogens (tertiary/aromatic N) is 1. The minimum absolute atomic E-state index is 0.0406. The van der Waals surface area contributed by atoms with E-state index in [0.29, 0.717) is 16.6 Å². The maximum Gasteiger partial charge on any atom is 0.224 e. The van der Waals surface area contributed by atoms with Crippen LogP contribution in [0.3, 0.4) is 0 Å². The molecular weight excluding hydrogens is 381 g/mol. The third-order valence-electron chi connectivity index (χ3n) is 5.31. The smallest absolute Gasteiger partial charge is 0.224 e. The van der Waals surface area contributed by atoms with Gasteiger partial charge in [0.2, 0.25) is 5.91 Å². The molecule has 1 atom stereocenters. The second-order valence-corrected chi connectivity index (χ2v) is 10.2. The second-order valence-electron chi connectivity index (χ2n) is 6.94. The number of benzene rings is 1. The highest BCUT2D eigenvalue weighted by atomic mass is 35.5. The van der Waals surface area contributed by atoms with Crippen LogP contribution >= 0.6 is 23.2 Å². The maximum atomic E-state index is 12.6. The number of hydrogen-bond acceptors (Lipinski definition) is 3. The molecule has 0 spiro atoms. The molecule has 1 saturated heterocycles. The topological polar surface area (TPSA) is 54.5 Å². The van der Waals surface area contributed by atoms with Gasteiger partial charge >= 0.3 is 0 Å². The van der Waals surface area contributed by atoms with E-state index in [4.69, 9.17) is 23.2 Å². The summed E-state index contributed by atoms with van der Waals surface area (Å²) in [5.41, 5.74) is 0.957. The zero-order valence-electron chi connectivity index (χ0n) is 14.1. The summed E-state index contributed by atoms with van der Waals surface area (Å²) < 4.78 is 24.8. The van der Waals surface area contributed by atoms with E-state index in [1.807, 2.05) is 6.07 Å². The second kappa shape index (κ2) is 7.85. The van der Waals surface area contributed by atoms with Crippen LogP contribution in [0.4, 0.5) is 0 Å². The molecule has 2 fully saturated rings. The Bertz CT molecular complexity index is 745. The first-order valence-corrected chi connectivity index (χ1v) is 11.3. The monoisotopic (exact) mass is 403 g/mol. The molecule has 1 amide bonds. The molecule has 1 saturated carbocycles. The molecule has 1 aliphatic heterocycles. The van der Waals surface area contributed by atoms with E-state index in [1.165, 1.54) is 0 Å². The van der Waals surface area contributed by atoms with Crippen molar-refractivity contribution in [1.29, 1.82) is 0 Å². The predicted molar refractivity (Wildman–Crippen MR) is 101 cm³/mol. The Kier molecular flexibility index (Phi) is 5.96.